The molecule has 0 aliphatic carbocycles. The molecule has 3 aromatic rings. The fourth-order valence-electron chi connectivity index (χ4n) is 3.56. The van der Waals surface area contributed by atoms with Crippen molar-refractivity contribution in [2.24, 2.45) is 0 Å². The van der Waals surface area contributed by atoms with Gasteiger partial charge >= 0.3 is 0 Å². The number of nitrogens with zero attached hydrogens (tertiary/aromatic N) is 1. The maximum Gasteiger partial charge on any atom is 0.294 e. The van der Waals surface area contributed by atoms with Crippen LogP contribution in [0.3, 0.4) is 0 Å². The molecule has 0 aromatic heterocycles. The van der Waals surface area contributed by atoms with Crippen LogP contribution in [-0.2, 0) is 16.2 Å². The molecule has 3 amide bonds. The van der Waals surface area contributed by atoms with Gasteiger partial charge in [-0.3, -0.25) is 19.3 Å². The van der Waals surface area contributed by atoms with Crippen LogP contribution >= 0.6 is 11.8 Å². The van der Waals surface area contributed by atoms with Crippen LogP contribution in [0.2, 0.25) is 0 Å². The predicted molar refractivity (Wildman–Crippen MR) is 143 cm³/mol. The molecule has 1 aliphatic rings. The summed E-state index contributed by atoms with van der Waals surface area (Å²) in [6.07, 6.45) is 1.60. The number of hydrogen-bond donors (Lipinski definition) is 1. The van der Waals surface area contributed by atoms with E-state index in [0.717, 1.165) is 22.2 Å². The minimum Gasteiger partial charge on any atom is -0.494 e. The summed E-state index contributed by atoms with van der Waals surface area (Å²) >= 11 is 0.787. The maximum absolute atomic E-state index is 12.9. The van der Waals surface area contributed by atoms with Crippen LogP contribution in [0.25, 0.3) is 6.08 Å². The standard InChI is InChI=1S/C28H26N2O6S/c1-3-35-22-12-10-21(11-13-22)29-26(31)17-30-27(32)25(37-28(30)33)16-20-9-14-23(24(15-20)34-2)36-18-19-7-5-4-6-8-19/h4-16H,3,17-18H2,1-2H3,(H,29,31)/b25-16+. The zero-order valence-corrected chi connectivity index (χ0v) is 21.2. The summed E-state index contributed by atoms with van der Waals surface area (Å²) in [7, 11) is 1.53. The molecule has 190 valence electrons. The van der Waals surface area contributed by atoms with Crippen molar-refractivity contribution >= 4 is 40.6 Å². The van der Waals surface area contributed by atoms with E-state index in [-0.39, 0.29) is 11.4 Å². The molecule has 37 heavy (non-hydrogen) atoms. The molecule has 1 saturated heterocycles. The Labute approximate surface area is 219 Å². The highest BCUT2D eigenvalue weighted by atomic mass is 32.2. The van der Waals surface area contributed by atoms with Gasteiger partial charge in [0.2, 0.25) is 5.91 Å². The Hall–Kier alpha value is -4.24. The van der Waals surface area contributed by atoms with Gasteiger partial charge in [0, 0.05) is 5.69 Å². The minimum absolute atomic E-state index is 0.221. The van der Waals surface area contributed by atoms with Crippen LogP contribution in [-0.4, -0.2) is 42.2 Å². The van der Waals surface area contributed by atoms with E-state index in [2.05, 4.69) is 5.32 Å². The molecule has 0 spiro atoms. The molecular weight excluding hydrogens is 492 g/mol. The monoisotopic (exact) mass is 518 g/mol. The molecule has 1 heterocycles. The van der Waals surface area contributed by atoms with Gasteiger partial charge in [0.1, 0.15) is 18.9 Å². The molecule has 3 aromatic carbocycles. The average Bonchev–Trinajstić information content (AvgIpc) is 3.16. The van der Waals surface area contributed by atoms with E-state index in [1.54, 1.807) is 48.5 Å². The number of carbonyl (C=O) groups is 3. The van der Waals surface area contributed by atoms with Crippen LogP contribution in [0.15, 0.2) is 77.7 Å². The number of benzene rings is 3. The molecule has 1 fully saturated rings. The highest BCUT2D eigenvalue weighted by Gasteiger charge is 2.36. The van der Waals surface area contributed by atoms with E-state index in [1.165, 1.54) is 7.11 Å². The van der Waals surface area contributed by atoms with Gasteiger partial charge < -0.3 is 19.5 Å². The second-order valence-electron chi connectivity index (χ2n) is 7.96. The van der Waals surface area contributed by atoms with Crippen molar-refractivity contribution in [3.05, 3.63) is 88.8 Å². The van der Waals surface area contributed by atoms with Crippen molar-refractivity contribution in [3.63, 3.8) is 0 Å². The number of ether oxygens (including phenoxy) is 3. The van der Waals surface area contributed by atoms with E-state index >= 15 is 0 Å². The lowest BCUT2D eigenvalue weighted by molar-refractivity contribution is -0.127. The molecule has 9 heteroatoms. The van der Waals surface area contributed by atoms with Crippen molar-refractivity contribution in [2.75, 3.05) is 25.6 Å². The first-order valence-electron chi connectivity index (χ1n) is 11.6. The van der Waals surface area contributed by atoms with Gasteiger partial charge in [-0.1, -0.05) is 36.4 Å². The number of carbonyl (C=O) groups excluding carboxylic acids is 3. The quantitative estimate of drug-likeness (QED) is 0.362. The molecule has 0 bridgehead atoms. The molecule has 4 rings (SSSR count). The lowest BCUT2D eigenvalue weighted by Gasteiger charge is -2.13. The Kier molecular flexibility index (Phi) is 8.48. The number of hydrogen-bond acceptors (Lipinski definition) is 7. The van der Waals surface area contributed by atoms with Crippen molar-refractivity contribution in [3.8, 4) is 17.2 Å². The van der Waals surface area contributed by atoms with Gasteiger partial charge in [0.05, 0.1) is 18.6 Å². The zero-order chi connectivity index (χ0) is 26.2. The highest BCUT2D eigenvalue weighted by molar-refractivity contribution is 8.18. The first-order chi connectivity index (χ1) is 18.0. The molecule has 0 saturated carbocycles. The smallest absolute Gasteiger partial charge is 0.294 e. The fraction of sp³-hybridized carbons (Fsp3) is 0.179. The van der Waals surface area contributed by atoms with E-state index in [0.29, 0.717) is 41.7 Å². The van der Waals surface area contributed by atoms with E-state index in [1.807, 2.05) is 37.3 Å². The van der Waals surface area contributed by atoms with Gasteiger partial charge in [0.25, 0.3) is 11.1 Å². The van der Waals surface area contributed by atoms with Gasteiger partial charge in [-0.2, -0.15) is 0 Å². The molecule has 0 unspecified atom stereocenters. The van der Waals surface area contributed by atoms with Gasteiger partial charge in [-0.25, -0.2) is 0 Å². The first kappa shape index (κ1) is 25.8. The Morgan fingerprint density at radius 3 is 2.43 bits per heavy atom. The average molecular weight is 519 g/mol. The largest absolute Gasteiger partial charge is 0.494 e. The number of imide groups is 1. The molecule has 1 aliphatic heterocycles. The molecular formula is C28H26N2O6S. The Balaban J connectivity index is 1.39. The second kappa shape index (κ2) is 12.1. The highest BCUT2D eigenvalue weighted by Crippen LogP contribution is 2.34. The van der Waals surface area contributed by atoms with Crippen molar-refractivity contribution in [2.45, 2.75) is 13.5 Å². The molecule has 8 nitrogen and oxygen atoms in total. The summed E-state index contributed by atoms with van der Waals surface area (Å²) in [5, 5.41) is 2.18. The molecule has 0 radical (unpaired) electrons. The Bertz CT molecular complexity index is 1310. The van der Waals surface area contributed by atoms with Crippen LogP contribution in [0.4, 0.5) is 10.5 Å². The maximum atomic E-state index is 12.9. The third-order valence-corrected chi connectivity index (χ3v) is 6.25. The van der Waals surface area contributed by atoms with Crippen LogP contribution in [0.1, 0.15) is 18.1 Å². The van der Waals surface area contributed by atoms with Crippen molar-refractivity contribution in [1.29, 1.82) is 0 Å². The number of nitrogens with one attached hydrogen (secondary N) is 1. The van der Waals surface area contributed by atoms with Gasteiger partial charge in [0.15, 0.2) is 11.5 Å². The Morgan fingerprint density at radius 1 is 0.973 bits per heavy atom. The van der Waals surface area contributed by atoms with E-state index in [9.17, 15) is 14.4 Å². The van der Waals surface area contributed by atoms with E-state index < -0.39 is 17.1 Å². The summed E-state index contributed by atoms with van der Waals surface area (Å²) in [6.45, 7) is 2.42. The summed E-state index contributed by atoms with van der Waals surface area (Å²) in [6, 6.07) is 21.9. The number of thioether (sulfide) groups is 1. The van der Waals surface area contributed by atoms with Gasteiger partial charge in [-0.05, 0) is 72.3 Å². The van der Waals surface area contributed by atoms with Crippen molar-refractivity contribution < 1.29 is 28.6 Å². The summed E-state index contributed by atoms with van der Waals surface area (Å²) in [5.74, 6) is 0.736. The van der Waals surface area contributed by atoms with Crippen LogP contribution in [0.5, 0.6) is 17.2 Å². The SMILES string of the molecule is CCOc1ccc(NC(=O)CN2C(=O)S/C(=C/c3ccc(OCc4ccccc4)c(OC)c3)C2=O)cc1. The Morgan fingerprint density at radius 2 is 1.73 bits per heavy atom. The zero-order valence-electron chi connectivity index (χ0n) is 20.4. The molecule has 1 N–H and O–H groups in total. The number of methoxy groups -OCH3 is 1. The lowest BCUT2D eigenvalue weighted by Crippen LogP contribution is -2.36. The predicted octanol–water partition coefficient (Wildman–Crippen LogP) is 5.35. The number of anilines is 1. The summed E-state index contributed by atoms with van der Waals surface area (Å²) in [4.78, 5) is 39.0. The number of amides is 3. The summed E-state index contributed by atoms with van der Waals surface area (Å²) < 4.78 is 16.7. The molecule has 0 atom stereocenters. The topological polar surface area (TPSA) is 94.2 Å². The first-order valence-corrected chi connectivity index (χ1v) is 12.4. The van der Waals surface area contributed by atoms with E-state index in [4.69, 9.17) is 14.2 Å². The normalized spacial score (nSPS) is 14.1. The van der Waals surface area contributed by atoms with Crippen LogP contribution < -0.4 is 19.5 Å². The minimum atomic E-state index is -0.528. The van der Waals surface area contributed by atoms with Gasteiger partial charge in [-0.15, -0.1) is 0 Å². The van der Waals surface area contributed by atoms with Crippen molar-refractivity contribution in [1.82, 2.24) is 4.90 Å². The third kappa shape index (κ3) is 6.71. The summed E-state index contributed by atoms with van der Waals surface area (Å²) in [5.41, 5.74) is 2.22. The third-order valence-electron chi connectivity index (χ3n) is 5.35. The second-order valence-corrected chi connectivity index (χ2v) is 8.95. The lowest BCUT2D eigenvalue weighted by atomic mass is 10.1. The fourth-order valence-corrected chi connectivity index (χ4v) is 4.40. The van der Waals surface area contributed by atoms with Crippen LogP contribution in [0, 0.1) is 0 Å². The number of rotatable bonds is 10.